The average Bonchev–Trinajstić information content (AvgIpc) is 3.54. The molecular formula is C28H30F3N3O3. The van der Waals surface area contributed by atoms with Crippen molar-refractivity contribution < 1.29 is 27.9 Å². The lowest BCUT2D eigenvalue weighted by Crippen LogP contribution is -2.19. The second-order valence-electron chi connectivity index (χ2n) is 9.84. The van der Waals surface area contributed by atoms with E-state index in [4.69, 9.17) is 0 Å². The van der Waals surface area contributed by atoms with Crippen LogP contribution in [0.2, 0.25) is 0 Å². The molecule has 2 N–H and O–H groups in total. The predicted octanol–water partition coefficient (Wildman–Crippen LogP) is 6.03. The Kier molecular flexibility index (Phi) is 7.71. The molecule has 0 unspecified atom stereocenters. The van der Waals surface area contributed by atoms with Gasteiger partial charge in [0.15, 0.2) is 0 Å². The molecule has 1 aliphatic carbocycles. The van der Waals surface area contributed by atoms with Crippen LogP contribution in [0.3, 0.4) is 0 Å². The van der Waals surface area contributed by atoms with Crippen LogP contribution in [0.15, 0.2) is 54.7 Å². The number of amides is 1. The van der Waals surface area contributed by atoms with Gasteiger partial charge in [-0.05, 0) is 54.4 Å². The van der Waals surface area contributed by atoms with E-state index in [-0.39, 0.29) is 23.9 Å². The number of aromatic nitrogens is 2. The van der Waals surface area contributed by atoms with Crippen LogP contribution in [0, 0.1) is 5.92 Å². The summed E-state index contributed by atoms with van der Waals surface area (Å²) < 4.78 is 42.8. The summed E-state index contributed by atoms with van der Waals surface area (Å²) in [6.45, 7) is 4.65. The summed E-state index contributed by atoms with van der Waals surface area (Å²) >= 11 is 0. The zero-order chi connectivity index (χ0) is 26.7. The third-order valence-electron chi connectivity index (χ3n) is 6.70. The first-order chi connectivity index (χ1) is 17.5. The highest BCUT2D eigenvalue weighted by Gasteiger charge is 2.45. The molecule has 0 radical (unpaired) electrons. The Morgan fingerprint density at radius 3 is 2.51 bits per heavy atom. The molecule has 1 amide bonds. The number of anilines is 1. The molecule has 0 spiro atoms. The maximum atomic E-state index is 13.6. The molecule has 0 aliphatic heterocycles. The van der Waals surface area contributed by atoms with E-state index in [1.54, 1.807) is 6.20 Å². The highest BCUT2D eigenvalue weighted by molar-refractivity contribution is 5.93. The van der Waals surface area contributed by atoms with Gasteiger partial charge in [0, 0.05) is 17.8 Å². The lowest BCUT2D eigenvalue weighted by molar-refractivity contribution is -0.139. The third-order valence-corrected chi connectivity index (χ3v) is 6.70. The summed E-state index contributed by atoms with van der Waals surface area (Å²) in [5, 5.41) is 16.1. The van der Waals surface area contributed by atoms with Crippen molar-refractivity contribution >= 4 is 17.6 Å². The van der Waals surface area contributed by atoms with Crippen molar-refractivity contribution in [2.75, 3.05) is 5.32 Å². The molecule has 196 valence electrons. The van der Waals surface area contributed by atoms with Gasteiger partial charge in [0.25, 0.3) is 0 Å². The van der Waals surface area contributed by atoms with E-state index in [2.05, 4.69) is 22.5 Å². The number of hydrogen-bond donors (Lipinski definition) is 2. The van der Waals surface area contributed by atoms with E-state index in [0.717, 1.165) is 24.6 Å². The van der Waals surface area contributed by atoms with Gasteiger partial charge in [-0.2, -0.15) is 18.3 Å². The Labute approximate surface area is 213 Å². The maximum Gasteiger partial charge on any atom is 0.418 e. The van der Waals surface area contributed by atoms with E-state index in [1.165, 1.54) is 17.7 Å². The molecule has 1 aliphatic rings. The van der Waals surface area contributed by atoms with Crippen molar-refractivity contribution in [3.05, 3.63) is 82.7 Å². The topological polar surface area (TPSA) is 84.2 Å². The van der Waals surface area contributed by atoms with Crippen molar-refractivity contribution in [1.29, 1.82) is 0 Å². The van der Waals surface area contributed by atoms with Gasteiger partial charge < -0.3 is 10.4 Å². The summed E-state index contributed by atoms with van der Waals surface area (Å²) in [5.74, 6) is -2.45. The first kappa shape index (κ1) is 26.4. The number of carboxylic acid groups (broad SMARTS) is 1. The van der Waals surface area contributed by atoms with Crippen molar-refractivity contribution in [2.24, 2.45) is 5.92 Å². The Balaban J connectivity index is 1.48. The number of aliphatic carboxylic acids is 1. The number of hydrogen-bond acceptors (Lipinski definition) is 3. The van der Waals surface area contributed by atoms with Crippen molar-refractivity contribution in [2.45, 2.75) is 64.1 Å². The number of aryl methyl sites for hydroxylation is 2. The number of carbonyl (C=O) groups is 2. The summed E-state index contributed by atoms with van der Waals surface area (Å²) in [5.41, 5.74) is 1.94. The van der Waals surface area contributed by atoms with Crippen LogP contribution in [-0.2, 0) is 35.2 Å². The van der Waals surface area contributed by atoms with Gasteiger partial charge in [-0.1, -0.05) is 50.2 Å². The Bertz CT molecular complexity index is 1270. The SMILES string of the molecule is CC(C)c1c(CC(=O)Nc2cc([C@H]3C[C@H]3C(=O)O)ccc2C(F)(F)F)cnn1CCCc1ccccc1. The predicted molar refractivity (Wildman–Crippen MR) is 133 cm³/mol. The van der Waals surface area contributed by atoms with E-state index < -0.39 is 29.5 Å². The molecule has 0 bridgehead atoms. The quantitative estimate of drug-likeness (QED) is 0.347. The molecular weight excluding hydrogens is 483 g/mol. The fourth-order valence-corrected chi connectivity index (χ4v) is 4.84. The van der Waals surface area contributed by atoms with Crippen molar-refractivity contribution in [3.8, 4) is 0 Å². The Morgan fingerprint density at radius 1 is 1.16 bits per heavy atom. The first-order valence-electron chi connectivity index (χ1n) is 12.4. The van der Waals surface area contributed by atoms with Gasteiger partial charge in [0.1, 0.15) is 0 Å². The van der Waals surface area contributed by atoms with Crippen LogP contribution < -0.4 is 5.32 Å². The molecule has 4 rings (SSSR count). The van der Waals surface area contributed by atoms with Crippen LogP contribution in [0.5, 0.6) is 0 Å². The number of alkyl halides is 3. The van der Waals surface area contributed by atoms with Gasteiger partial charge in [0.2, 0.25) is 5.91 Å². The standard InChI is InChI=1S/C28H30F3N3O3/c1-17(2)26-20(16-32-34(26)12-6-9-18-7-4-3-5-8-18)14-25(35)33-24-13-19(21-15-22(21)27(36)37)10-11-23(24)28(29,30)31/h3-5,7-8,10-11,13,16-17,21-22H,6,9,12,14-15H2,1-2H3,(H,33,35)(H,36,37)/t21-,22-/m1/s1. The Hall–Kier alpha value is -3.62. The second-order valence-corrected chi connectivity index (χ2v) is 9.84. The normalized spacial score (nSPS) is 17.1. The minimum Gasteiger partial charge on any atom is -0.481 e. The number of nitrogens with zero attached hydrogens (tertiary/aromatic N) is 2. The number of halogens is 3. The molecule has 1 saturated carbocycles. The molecule has 2 aromatic carbocycles. The van der Waals surface area contributed by atoms with E-state index >= 15 is 0 Å². The molecule has 6 nitrogen and oxygen atoms in total. The number of benzene rings is 2. The molecule has 9 heteroatoms. The number of nitrogens with one attached hydrogen (secondary N) is 1. The van der Waals surface area contributed by atoms with Gasteiger partial charge >= 0.3 is 12.1 Å². The van der Waals surface area contributed by atoms with Crippen LogP contribution in [0.1, 0.15) is 66.5 Å². The van der Waals surface area contributed by atoms with Crippen LogP contribution in [0.25, 0.3) is 0 Å². The summed E-state index contributed by atoms with van der Waals surface area (Å²) in [6.07, 6.45) is -1.06. The molecule has 3 aromatic rings. The fourth-order valence-electron chi connectivity index (χ4n) is 4.84. The maximum absolute atomic E-state index is 13.6. The number of carbonyl (C=O) groups excluding carboxylic acids is 1. The number of carboxylic acids is 1. The van der Waals surface area contributed by atoms with Crippen LogP contribution >= 0.6 is 0 Å². The minimum absolute atomic E-state index is 0.0684. The summed E-state index contributed by atoms with van der Waals surface area (Å²) in [6, 6.07) is 13.6. The zero-order valence-electron chi connectivity index (χ0n) is 20.8. The van der Waals surface area contributed by atoms with E-state index in [9.17, 15) is 27.9 Å². The summed E-state index contributed by atoms with van der Waals surface area (Å²) in [4.78, 5) is 24.1. The monoisotopic (exact) mass is 513 g/mol. The van der Waals surface area contributed by atoms with E-state index in [0.29, 0.717) is 24.1 Å². The van der Waals surface area contributed by atoms with Crippen molar-refractivity contribution in [1.82, 2.24) is 9.78 Å². The summed E-state index contributed by atoms with van der Waals surface area (Å²) in [7, 11) is 0. The van der Waals surface area contributed by atoms with Crippen LogP contribution in [-0.4, -0.2) is 26.8 Å². The van der Waals surface area contributed by atoms with Gasteiger partial charge in [-0.15, -0.1) is 0 Å². The molecule has 0 saturated heterocycles. The number of rotatable bonds is 10. The van der Waals surface area contributed by atoms with Gasteiger partial charge in [-0.25, -0.2) is 0 Å². The van der Waals surface area contributed by atoms with Gasteiger partial charge in [-0.3, -0.25) is 14.3 Å². The fraction of sp³-hybridized carbons (Fsp3) is 0.393. The highest BCUT2D eigenvalue weighted by Crippen LogP contribution is 2.49. The lowest BCUT2D eigenvalue weighted by Gasteiger charge is -2.16. The first-order valence-corrected chi connectivity index (χ1v) is 12.4. The molecule has 2 atom stereocenters. The van der Waals surface area contributed by atoms with Gasteiger partial charge in [0.05, 0.1) is 29.8 Å². The molecule has 37 heavy (non-hydrogen) atoms. The third kappa shape index (κ3) is 6.39. The zero-order valence-corrected chi connectivity index (χ0v) is 20.8. The molecule has 1 heterocycles. The van der Waals surface area contributed by atoms with E-state index in [1.807, 2.05) is 36.7 Å². The largest absolute Gasteiger partial charge is 0.481 e. The molecule has 1 fully saturated rings. The lowest BCUT2D eigenvalue weighted by atomic mass is 10.0. The Morgan fingerprint density at radius 2 is 1.89 bits per heavy atom. The smallest absolute Gasteiger partial charge is 0.418 e. The minimum atomic E-state index is -4.66. The molecule has 1 aromatic heterocycles. The van der Waals surface area contributed by atoms with Crippen molar-refractivity contribution in [3.63, 3.8) is 0 Å². The van der Waals surface area contributed by atoms with Crippen LogP contribution in [0.4, 0.5) is 18.9 Å². The second kappa shape index (κ2) is 10.8. The average molecular weight is 514 g/mol. The highest BCUT2D eigenvalue weighted by atomic mass is 19.4.